The molecule has 0 bridgehead atoms. The van der Waals surface area contributed by atoms with Crippen molar-refractivity contribution in [2.45, 2.75) is 13.5 Å². The fourth-order valence-electron chi connectivity index (χ4n) is 2.54. The van der Waals surface area contributed by atoms with E-state index >= 15 is 0 Å². The normalized spacial score (nSPS) is 10.7. The lowest BCUT2D eigenvalue weighted by molar-refractivity contribution is 0.0437. The zero-order chi connectivity index (χ0) is 18.0. The van der Waals surface area contributed by atoms with Crippen LogP contribution in [0.2, 0.25) is 0 Å². The van der Waals surface area contributed by atoms with Crippen molar-refractivity contribution >= 4 is 16.9 Å². The van der Waals surface area contributed by atoms with Crippen molar-refractivity contribution in [1.29, 1.82) is 0 Å². The number of methoxy groups -OCH3 is 2. The number of aryl methyl sites for hydroxylation is 1. The number of rotatable bonds is 5. The third-order valence-electron chi connectivity index (χ3n) is 3.91. The molecule has 2 aromatic carbocycles. The molecule has 0 N–H and O–H groups in total. The highest BCUT2D eigenvalue weighted by Gasteiger charge is 2.19. The van der Waals surface area contributed by atoms with Crippen molar-refractivity contribution in [2.75, 3.05) is 14.2 Å². The van der Waals surface area contributed by atoms with Gasteiger partial charge < -0.3 is 18.6 Å². The van der Waals surface area contributed by atoms with Gasteiger partial charge in [0.25, 0.3) is 0 Å². The molecular weight excluding hydrogens is 327 g/mol. The zero-order valence-corrected chi connectivity index (χ0v) is 14.1. The van der Waals surface area contributed by atoms with E-state index in [0.29, 0.717) is 22.5 Å². The number of hydrogen-bond donors (Lipinski definition) is 0. The molecule has 0 saturated carbocycles. The van der Waals surface area contributed by atoms with E-state index in [9.17, 15) is 9.18 Å². The van der Waals surface area contributed by atoms with Gasteiger partial charge >= 0.3 is 5.97 Å². The zero-order valence-electron chi connectivity index (χ0n) is 14.1. The van der Waals surface area contributed by atoms with E-state index < -0.39 is 11.8 Å². The lowest BCUT2D eigenvalue weighted by Crippen LogP contribution is -2.05. The molecule has 25 heavy (non-hydrogen) atoms. The van der Waals surface area contributed by atoms with E-state index in [1.807, 2.05) is 0 Å². The van der Waals surface area contributed by atoms with Crippen LogP contribution < -0.4 is 9.47 Å². The molecule has 0 aliphatic rings. The van der Waals surface area contributed by atoms with E-state index in [1.165, 1.54) is 19.2 Å². The van der Waals surface area contributed by atoms with E-state index in [0.717, 1.165) is 5.39 Å². The summed E-state index contributed by atoms with van der Waals surface area (Å²) in [6.45, 7) is 1.70. The van der Waals surface area contributed by atoms with Crippen LogP contribution in [-0.2, 0) is 11.3 Å². The average molecular weight is 344 g/mol. The first-order chi connectivity index (χ1) is 12.0. The molecular formula is C19H17FO5. The SMILES string of the molecule is COc1ccc2oc(C(=O)OCc3ccc(OC)c(F)c3)c(C)c2c1. The van der Waals surface area contributed by atoms with Gasteiger partial charge in [0.1, 0.15) is 17.9 Å². The molecule has 0 saturated heterocycles. The predicted molar refractivity (Wildman–Crippen MR) is 89.6 cm³/mol. The Morgan fingerprint density at radius 2 is 1.92 bits per heavy atom. The van der Waals surface area contributed by atoms with Crippen LogP contribution in [0.4, 0.5) is 4.39 Å². The highest BCUT2D eigenvalue weighted by molar-refractivity contribution is 5.96. The third-order valence-corrected chi connectivity index (χ3v) is 3.91. The quantitative estimate of drug-likeness (QED) is 0.648. The van der Waals surface area contributed by atoms with Gasteiger partial charge in [-0.3, -0.25) is 0 Å². The first-order valence-corrected chi connectivity index (χ1v) is 7.60. The Labute approximate surface area is 143 Å². The molecule has 1 aromatic heterocycles. The van der Waals surface area contributed by atoms with Crippen LogP contribution in [0, 0.1) is 12.7 Å². The summed E-state index contributed by atoms with van der Waals surface area (Å²) in [5, 5.41) is 0.779. The minimum absolute atomic E-state index is 0.0699. The Morgan fingerprint density at radius 3 is 2.60 bits per heavy atom. The number of halogens is 1. The highest BCUT2D eigenvalue weighted by Crippen LogP contribution is 2.29. The maximum Gasteiger partial charge on any atom is 0.374 e. The molecule has 0 atom stereocenters. The summed E-state index contributed by atoms with van der Waals surface area (Å²) in [5.41, 5.74) is 1.75. The second-order valence-electron chi connectivity index (χ2n) is 5.46. The van der Waals surface area contributed by atoms with Crippen molar-refractivity contribution < 1.29 is 27.8 Å². The second-order valence-corrected chi connectivity index (χ2v) is 5.46. The van der Waals surface area contributed by atoms with Crippen LogP contribution >= 0.6 is 0 Å². The van der Waals surface area contributed by atoms with Gasteiger partial charge in [-0.1, -0.05) is 6.07 Å². The van der Waals surface area contributed by atoms with Gasteiger partial charge in [0.15, 0.2) is 11.6 Å². The van der Waals surface area contributed by atoms with Crippen LogP contribution in [0.15, 0.2) is 40.8 Å². The van der Waals surface area contributed by atoms with Crippen molar-refractivity contribution in [3.63, 3.8) is 0 Å². The van der Waals surface area contributed by atoms with Gasteiger partial charge in [-0.25, -0.2) is 9.18 Å². The summed E-state index contributed by atoms with van der Waals surface area (Å²) >= 11 is 0. The smallest absolute Gasteiger partial charge is 0.374 e. The monoisotopic (exact) mass is 344 g/mol. The second kappa shape index (κ2) is 6.84. The molecule has 3 aromatic rings. The van der Waals surface area contributed by atoms with Gasteiger partial charge in [-0.2, -0.15) is 0 Å². The number of ether oxygens (including phenoxy) is 3. The fourth-order valence-corrected chi connectivity index (χ4v) is 2.54. The molecule has 1 heterocycles. The molecule has 0 aliphatic carbocycles. The van der Waals surface area contributed by atoms with E-state index in [4.69, 9.17) is 18.6 Å². The van der Waals surface area contributed by atoms with Crippen LogP contribution in [0.1, 0.15) is 21.7 Å². The molecule has 0 radical (unpaired) electrons. The lowest BCUT2D eigenvalue weighted by atomic mass is 10.1. The predicted octanol–water partition coefficient (Wildman–Crippen LogP) is 4.25. The first-order valence-electron chi connectivity index (χ1n) is 7.60. The maximum absolute atomic E-state index is 13.7. The number of furan rings is 1. The van der Waals surface area contributed by atoms with E-state index in [1.54, 1.807) is 38.3 Å². The summed E-state index contributed by atoms with van der Waals surface area (Å²) in [6.07, 6.45) is 0. The van der Waals surface area contributed by atoms with Crippen LogP contribution in [0.3, 0.4) is 0 Å². The number of fused-ring (bicyclic) bond motifs is 1. The number of carbonyl (C=O) groups is 1. The van der Waals surface area contributed by atoms with Gasteiger partial charge in [0.05, 0.1) is 14.2 Å². The van der Waals surface area contributed by atoms with Gasteiger partial charge in [-0.05, 0) is 42.8 Å². The van der Waals surface area contributed by atoms with E-state index in [2.05, 4.69) is 0 Å². The summed E-state index contributed by atoms with van der Waals surface area (Å²) in [7, 11) is 2.96. The Kier molecular flexibility index (Phi) is 4.61. The van der Waals surface area contributed by atoms with E-state index in [-0.39, 0.29) is 18.1 Å². The lowest BCUT2D eigenvalue weighted by Gasteiger charge is -2.06. The summed E-state index contributed by atoms with van der Waals surface area (Å²) in [4.78, 5) is 12.3. The standard InChI is InChI=1S/C19H17FO5/c1-11-14-9-13(22-2)5-7-16(14)25-18(11)19(21)24-10-12-4-6-17(23-3)15(20)8-12/h4-9H,10H2,1-3H3. The number of hydrogen-bond acceptors (Lipinski definition) is 5. The Morgan fingerprint density at radius 1 is 1.12 bits per heavy atom. The molecule has 5 nitrogen and oxygen atoms in total. The fraction of sp³-hybridized carbons (Fsp3) is 0.211. The minimum Gasteiger partial charge on any atom is -0.497 e. The molecule has 6 heteroatoms. The Bertz CT molecular complexity index is 929. The Balaban J connectivity index is 1.78. The summed E-state index contributed by atoms with van der Waals surface area (Å²) in [5.74, 6) is -0.189. The van der Waals surface area contributed by atoms with Gasteiger partial charge in [0.2, 0.25) is 5.76 Å². The van der Waals surface area contributed by atoms with Crippen LogP contribution in [0.5, 0.6) is 11.5 Å². The van der Waals surface area contributed by atoms with Gasteiger partial charge in [-0.15, -0.1) is 0 Å². The molecule has 0 fully saturated rings. The van der Waals surface area contributed by atoms with Crippen LogP contribution in [0.25, 0.3) is 11.0 Å². The molecule has 3 rings (SSSR count). The van der Waals surface area contributed by atoms with Crippen molar-refractivity contribution in [3.05, 3.63) is 59.1 Å². The van der Waals surface area contributed by atoms with Crippen molar-refractivity contribution in [2.24, 2.45) is 0 Å². The molecule has 0 amide bonds. The summed E-state index contributed by atoms with van der Waals surface area (Å²) < 4.78 is 34.5. The molecule has 0 spiro atoms. The maximum atomic E-state index is 13.7. The molecule has 0 aliphatic heterocycles. The first kappa shape index (κ1) is 16.8. The largest absolute Gasteiger partial charge is 0.497 e. The minimum atomic E-state index is -0.608. The molecule has 130 valence electrons. The summed E-state index contributed by atoms with van der Waals surface area (Å²) in [6, 6.07) is 9.66. The Hall–Kier alpha value is -3.02. The average Bonchev–Trinajstić information content (AvgIpc) is 2.96. The highest BCUT2D eigenvalue weighted by atomic mass is 19.1. The van der Waals surface area contributed by atoms with Crippen molar-refractivity contribution in [3.8, 4) is 11.5 Å². The van der Waals surface area contributed by atoms with Gasteiger partial charge in [0, 0.05) is 10.9 Å². The molecule has 0 unspecified atom stereocenters. The van der Waals surface area contributed by atoms with Crippen LogP contribution in [-0.4, -0.2) is 20.2 Å². The number of carbonyl (C=O) groups excluding carboxylic acids is 1. The topological polar surface area (TPSA) is 57.9 Å². The number of esters is 1. The number of benzene rings is 2. The third kappa shape index (κ3) is 3.28. The van der Waals surface area contributed by atoms with Crippen molar-refractivity contribution in [1.82, 2.24) is 0 Å².